The highest BCUT2D eigenvalue weighted by Crippen LogP contribution is 2.25. The van der Waals surface area contributed by atoms with E-state index in [1.54, 1.807) is 19.2 Å². The Morgan fingerprint density at radius 1 is 1.12 bits per heavy atom. The van der Waals surface area contributed by atoms with Gasteiger partial charge in [0, 0.05) is 25.7 Å². The molecule has 2 aromatic rings. The van der Waals surface area contributed by atoms with Gasteiger partial charge in [0.05, 0.1) is 17.0 Å². The number of para-hydroxylation sites is 1. The minimum atomic E-state index is -3.65. The molecule has 2 aromatic carbocycles. The van der Waals surface area contributed by atoms with Crippen molar-refractivity contribution in [3.63, 3.8) is 0 Å². The minimum Gasteiger partial charge on any atom is -0.315 e. The number of carbonyl (C=O) groups is 1. The number of halogens is 2. The zero-order valence-corrected chi connectivity index (χ0v) is 15.4. The molecule has 8 heteroatoms. The smallest absolute Gasteiger partial charge is 0.232 e. The summed E-state index contributed by atoms with van der Waals surface area (Å²) in [5.74, 6) is -0.883. The van der Waals surface area contributed by atoms with E-state index >= 15 is 0 Å². The number of benzene rings is 2. The second kappa shape index (κ2) is 7.84. The maximum Gasteiger partial charge on any atom is 0.232 e. The van der Waals surface area contributed by atoms with Crippen molar-refractivity contribution in [3.8, 4) is 0 Å². The number of nitrogens with zero attached hydrogens (tertiary/aromatic N) is 2. The molecule has 0 fully saturated rings. The second-order valence-electron chi connectivity index (χ2n) is 5.47. The molecule has 0 N–H and O–H groups in total. The van der Waals surface area contributed by atoms with E-state index in [2.05, 4.69) is 0 Å². The summed E-state index contributed by atoms with van der Waals surface area (Å²) in [5, 5.41) is -0.182. The Kier molecular flexibility index (Phi) is 6.02. The van der Waals surface area contributed by atoms with Crippen LogP contribution in [0.25, 0.3) is 0 Å². The molecule has 5 nitrogen and oxygen atoms in total. The molecule has 0 atom stereocenters. The average molecular weight is 385 g/mol. The first-order valence-electron chi connectivity index (χ1n) is 7.44. The third kappa shape index (κ3) is 4.93. The fourth-order valence-corrected chi connectivity index (χ4v) is 3.38. The number of hydrogen-bond donors (Lipinski definition) is 0. The molecule has 0 saturated carbocycles. The zero-order chi connectivity index (χ0) is 18.6. The molecule has 1 amide bonds. The molecule has 0 aliphatic rings. The van der Waals surface area contributed by atoms with Crippen molar-refractivity contribution in [2.45, 2.75) is 6.42 Å². The van der Waals surface area contributed by atoms with E-state index in [1.807, 2.05) is 18.2 Å². The normalized spacial score (nSPS) is 11.2. The fraction of sp³-hybridized carbons (Fsp3) is 0.235. The lowest BCUT2D eigenvalue weighted by molar-refractivity contribution is -0.118. The van der Waals surface area contributed by atoms with Gasteiger partial charge in [-0.2, -0.15) is 0 Å². The lowest BCUT2D eigenvalue weighted by Crippen LogP contribution is -2.35. The topological polar surface area (TPSA) is 57.7 Å². The first-order chi connectivity index (χ1) is 11.7. The molecule has 0 aliphatic carbocycles. The fourth-order valence-electron chi connectivity index (χ4n) is 2.29. The molecule has 25 heavy (non-hydrogen) atoms. The maximum atomic E-state index is 13.3. The maximum absolute atomic E-state index is 13.3. The van der Waals surface area contributed by atoms with Crippen LogP contribution in [0.2, 0.25) is 5.02 Å². The van der Waals surface area contributed by atoms with Gasteiger partial charge in [-0.1, -0.05) is 29.8 Å². The molecule has 0 heterocycles. The molecule has 0 saturated heterocycles. The predicted octanol–water partition coefficient (Wildman–Crippen LogP) is 3.30. The predicted molar refractivity (Wildman–Crippen MR) is 98.1 cm³/mol. The first-order valence-corrected chi connectivity index (χ1v) is 9.67. The molecule has 0 aliphatic heterocycles. The summed E-state index contributed by atoms with van der Waals surface area (Å²) >= 11 is 5.73. The Labute approximate surface area is 151 Å². The molecule has 0 spiro atoms. The molecular weight excluding hydrogens is 367 g/mol. The number of anilines is 2. The second-order valence-corrected chi connectivity index (χ2v) is 7.79. The van der Waals surface area contributed by atoms with E-state index < -0.39 is 15.8 Å². The van der Waals surface area contributed by atoms with Crippen LogP contribution in [-0.2, 0) is 14.8 Å². The summed E-state index contributed by atoms with van der Waals surface area (Å²) in [6.07, 6.45) is 0.989. The average Bonchev–Trinajstić information content (AvgIpc) is 2.57. The van der Waals surface area contributed by atoms with Gasteiger partial charge >= 0.3 is 0 Å². The van der Waals surface area contributed by atoms with Crippen LogP contribution >= 0.6 is 11.6 Å². The highest BCUT2D eigenvalue weighted by atomic mass is 35.5. The Hall–Kier alpha value is -2.12. The summed E-state index contributed by atoms with van der Waals surface area (Å²) in [6, 6.07) is 12.7. The number of rotatable bonds is 6. The van der Waals surface area contributed by atoms with E-state index in [-0.39, 0.29) is 29.6 Å². The van der Waals surface area contributed by atoms with Gasteiger partial charge in [-0.3, -0.25) is 9.10 Å². The number of sulfonamides is 1. The monoisotopic (exact) mass is 384 g/mol. The largest absolute Gasteiger partial charge is 0.315 e. The third-order valence-corrected chi connectivity index (χ3v) is 5.12. The van der Waals surface area contributed by atoms with Crippen molar-refractivity contribution in [2.75, 3.05) is 29.1 Å². The first kappa shape index (κ1) is 19.2. The van der Waals surface area contributed by atoms with Crippen molar-refractivity contribution < 1.29 is 17.6 Å². The molecule has 0 radical (unpaired) electrons. The molecule has 0 aromatic heterocycles. The van der Waals surface area contributed by atoms with Gasteiger partial charge in [-0.05, 0) is 30.3 Å². The van der Waals surface area contributed by atoms with Crippen molar-refractivity contribution in [1.29, 1.82) is 0 Å². The molecule has 134 valence electrons. The van der Waals surface area contributed by atoms with Crippen LogP contribution in [0.1, 0.15) is 6.42 Å². The number of amides is 1. The van der Waals surface area contributed by atoms with Crippen molar-refractivity contribution in [2.24, 2.45) is 0 Å². The van der Waals surface area contributed by atoms with E-state index in [9.17, 15) is 17.6 Å². The van der Waals surface area contributed by atoms with Gasteiger partial charge in [0.25, 0.3) is 0 Å². The van der Waals surface area contributed by atoms with Crippen LogP contribution in [-0.4, -0.2) is 34.2 Å². The Balaban J connectivity index is 2.16. The number of hydrogen-bond acceptors (Lipinski definition) is 3. The Bertz CT molecular complexity index is 859. The SMILES string of the molecule is CN(C(=O)CCN(c1ccc(F)c(Cl)c1)S(C)(=O)=O)c1ccccc1. The van der Waals surface area contributed by atoms with Crippen LogP contribution in [0.4, 0.5) is 15.8 Å². The quantitative estimate of drug-likeness (QED) is 0.767. The van der Waals surface area contributed by atoms with Gasteiger partial charge in [0.2, 0.25) is 15.9 Å². The highest BCUT2D eigenvalue weighted by molar-refractivity contribution is 7.92. The van der Waals surface area contributed by atoms with E-state index in [0.29, 0.717) is 5.69 Å². The molecule has 0 unspecified atom stereocenters. The number of carbonyl (C=O) groups excluding carboxylic acids is 1. The van der Waals surface area contributed by atoms with Gasteiger partial charge < -0.3 is 4.90 Å². The van der Waals surface area contributed by atoms with Crippen molar-refractivity contribution in [3.05, 3.63) is 59.4 Å². The van der Waals surface area contributed by atoms with Crippen LogP contribution in [0.5, 0.6) is 0 Å². The van der Waals surface area contributed by atoms with Crippen molar-refractivity contribution >= 4 is 38.9 Å². The van der Waals surface area contributed by atoms with Crippen molar-refractivity contribution in [1.82, 2.24) is 0 Å². The van der Waals surface area contributed by atoms with Gasteiger partial charge in [-0.25, -0.2) is 12.8 Å². The Morgan fingerprint density at radius 3 is 2.32 bits per heavy atom. The summed E-state index contributed by atoms with van der Waals surface area (Å²) in [6.45, 7) is -0.0726. The van der Waals surface area contributed by atoms with Gasteiger partial charge in [-0.15, -0.1) is 0 Å². The summed E-state index contributed by atoms with van der Waals surface area (Å²) in [4.78, 5) is 13.8. The highest BCUT2D eigenvalue weighted by Gasteiger charge is 2.21. The summed E-state index contributed by atoms with van der Waals surface area (Å²) in [5.41, 5.74) is 0.923. The van der Waals surface area contributed by atoms with E-state index in [1.165, 1.54) is 17.0 Å². The lowest BCUT2D eigenvalue weighted by atomic mass is 10.2. The van der Waals surface area contributed by atoms with Crippen LogP contribution in [0.3, 0.4) is 0 Å². The van der Waals surface area contributed by atoms with Crippen LogP contribution in [0, 0.1) is 5.82 Å². The Morgan fingerprint density at radius 2 is 1.76 bits per heavy atom. The van der Waals surface area contributed by atoms with Crippen LogP contribution in [0.15, 0.2) is 48.5 Å². The zero-order valence-electron chi connectivity index (χ0n) is 13.8. The lowest BCUT2D eigenvalue weighted by Gasteiger charge is -2.24. The van der Waals surface area contributed by atoms with Crippen LogP contribution < -0.4 is 9.21 Å². The van der Waals surface area contributed by atoms with Gasteiger partial charge in [0.15, 0.2) is 0 Å². The molecular formula is C17H18ClFN2O3S. The molecule has 2 rings (SSSR count). The minimum absolute atomic E-state index is 0.0343. The summed E-state index contributed by atoms with van der Waals surface area (Å²) < 4.78 is 38.4. The molecule has 0 bridgehead atoms. The van der Waals surface area contributed by atoms with E-state index in [0.717, 1.165) is 16.6 Å². The standard InChI is InChI=1S/C17H18ClFN2O3S/c1-20(13-6-4-3-5-7-13)17(22)10-11-21(25(2,23)24)14-8-9-16(19)15(18)12-14/h3-9,12H,10-11H2,1-2H3. The van der Waals surface area contributed by atoms with Gasteiger partial charge in [0.1, 0.15) is 5.82 Å². The third-order valence-electron chi connectivity index (χ3n) is 3.64. The van der Waals surface area contributed by atoms with E-state index in [4.69, 9.17) is 11.6 Å². The summed E-state index contributed by atoms with van der Waals surface area (Å²) in [7, 11) is -2.03.